The number of pyridine rings is 1. The van der Waals surface area contributed by atoms with E-state index in [0.29, 0.717) is 0 Å². The van der Waals surface area contributed by atoms with Crippen molar-refractivity contribution in [2.45, 2.75) is 25.3 Å². The van der Waals surface area contributed by atoms with Crippen LogP contribution in [-0.4, -0.2) is 23.2 Å². The van der Waals surface area contributed by atoms with Crippen molar-refractivity contribution in [2.75, 3.05) is 5.43 Å². The summed E-state index contributed by atoms with van der Waals surface area (Å²) in [6.07, 6.45) is 1.38. The molecule has 8 nitrogen and oxygen atoms in total. The zero-order chi connectivity index (χ0) is 15.6. The summed E-state index contributed by atoms with van der Waals surface area (Å²) in [5.74, 6) is 5.51. The number of anilines is 1. The number of hydrogen-bond acceptors (Lipinski definition) is 6. The van der Waals surface area contributed by atoms with Gasteiger partial charge in [-0.2, -0.15) is 5.10 Å². The third-order valence-corrected chi connectivity index (χ3v) is 4.69. The molecule has 0 spiro atoms. The quantitative estimate of drug-likeness (QED) is 0.536. The fraction of sp³-hybridized carbons (Fsp3) is 0.333. The molecule has 21 heavy (non-hydrogen) atoms. The molecule has 0 bridgehead atoms. The van der Waals surface area contributed by atoms with Gasteiger partial charge in [0.05, 0.1) is 10.6 Å². The van der Waals surface area contributed by atoms with Gasteiger partial charge >= 0.3 is 0 Å². The molecule has 2 rings (SSSR count). The summed E-state index contributed by atoms with van der Waals surface area (Å²) in [4.78, 5) is 3.98. The predicted octanol–water partition coefficient (Wildman–Crippen LogP) is 0.196. The van der Waals surface area contributed by atoms with Gasteiger partial charge in [-0.25, -0.2) is 24.0 Å². The van der Waals surface area contributed by atoms with Crippen LogP contribution in [0.1, 0.15) is 17.0 Å². The molecule has 0 aliphatic carbocycles. The van der Waals surface area contributed by atoms with Crippen LogP contribution in [0.2, 0.25) is 0 Å². The van der Waals surface area contributed by atoms with Gasteiger partial charge in [0, 0.05) is 37.1 Å². The van der Waals surface area contributed by atoms with Crippen LogP contribution in [0.25, 0.3) is 0 Å². The summed E-state index contributed by atoms with van der Waals surface area (Å²) in [5.41, 5.74) is 4.91. The van der Waals surface area contributed by atoms with Crippen molar-refractivity contribution in [3.8, 4) is 0 Å². The Morgan fingerprint density at radius 2 is 2.10 bits per heavy atom. The van der Waals surface area contributed by atoms with Gasteiger partial charge in [-0.3, -0.25) is 4.68 Å². The Kier molecular flexibility index (Phi) is 4.26. The summed E-state index contributed by atoms with van der Waals surface area (Å²) in [5, 5.41) is 4.26. The van der Waals surface area contributed by atoms with Crippen molar-refractivity contribution in [1.29, 1.82) is 0 Å². The lowest BCUT2D eigenvalue weighted by molar-refractivity contribution is 0.581. The van der Waals surface area contributed by atoms with Crippen LogP contribution in [0.4, 0.5) is 5.82 Å². The van der Waals surface area contributed by atoms with Crippen LogP contribution in [0.3, 0.4) is 0 Å². The predicted molar refractivity (Wildman–Crippen MR) is 78.8 cm³/mol. The van der Waals surface area contributed by atoms with Gasteiger partial charge in [0.25, 0.3) is 0 Å². The summed E-state index contributed by atoms with van der Waals surface area (Å²) in [6.45, 7) is 3.92. The van der Waals surface area contributed by atoms with E-state index in [2.05, 4.69) is 20.2 Å². The maximum Gasteiger partial charge on any atom is 0.241 e. The summed E-state index contributed by atoms with van der Waals surface area (Å²) < 4.78 is 28.8. The van der Waals surface area contributed by atoms with Gasteiger partial charge in [0.15, 0.2) is 0 Å². The Bertz CT molecular complexity index is 753. The van der Waals surface area contributed by atoms with Gasteiger partial charge in [-0.1, -0.05) is 0 Å². The highest BCUT2D eigenvalue weighted by molar-refractivity contribution is 7.89. The maximum absolute atomic E-state index is 12.3. The monoisotopic (exact) mass is 310 g/mol. The average Bonchev–Trinajstić information content (AvgIpc) is 2.70. The zero-order valence-electron chi connectivity index (χ0n) is 12.1. The van der Waals surface area contributed by atoms with Crippen molar-refractivity contribution in [3.05, 3.63) is 35.3 Å². The molecule has 0 atom stereocenters. The van der Waals surface area contributed by atoms with E-state index in [1.807, 2.05) is 20.9 Å². The molecule has 0 fully saturated rings. The van der Waals surface area contributed by atoms with Crippen LogP contribution in [-0.2, 0) is 23.6 Å². The third-order valence-electron chi connectivity index (χ3n) is 3.29. The summed E-state index contributed by atoms with van der Waals surface area (Å²) in [7, 11) is -1.82. The number of aromatic nitrogens is 3. The van der Waals surface area contributed by atoms with E-state index in [1.54, 1.807) is 4.68 Å². The molecule has 9 heteroatoms. The minimum absolute atomic E-state index is 0.102. The Labute approximate surface area is 123 Å². The lowest BCUT2D eigenvalue weighted by atomic mass is 10.2. The molecule has 2 aromatic rings. The first kappa shape index (κ1) is 15.4. The van der Waals surface area contributed by atoms with Crippen molar-refractivity contribution in [2.24, 2.45) is 12.9 Å². The molecular formula is C12H18N6O2S. The first-order valence-corrected chi connectivity index (χ1v) is 7.75. The first-order valence-electron chi connectivity index (χ1n) is 6.26. The van der Waals surface area contributed by atoms with E-state index in [-0.39, 0.29) is 17.3 Å². The van der Waals surface area contributed by atoms with Gasteiger partial charge in [-0.15, -0.1) is 0 Å². The number of nitrogens with two attached hydrogens (primary N) is 1. The van der Waals surface area contributed by atoms with E-state index in [9.17, 15) is 8.42 Å². The number of nitrogens with zero attached hydrogens (tertiary/aromatic N) is 3. The van der Waals surface area contributed by atoms with E-state index in [0.717, 1.165) is 17.0 Å². The highest BCUT2D eigenvalue weighted by Gasteiger charge is 2.17. The maximum atomic E-state index is 12.3. The lowest BCUT2D eigenvalue weighted by Crippen LogP contribution is -2.24. The number of hydrazine groups is 1. The lowest BCUT2D eigenvalue weighted by Gasteiger charge is -2.08. The standard InChI is InChI=1S/C12H18N6O2S/c1-8-11(9(2)18(3)17-8)7-15-21(19,20)10-4-5-14-12(6-10)16-13/h4-6,15H,7,13H2,1-3H3,(H,14,16). The van der Waals surface area contributed by atoms with Crippen molar-refractivity contribution >= 4 is 15.8 Å². The van der Waals surface area contributed by atoms with Crippen LogP contribution in [0, 0.1) is 13.8 Å². The number of sulfonamides is 1. The van der Waals surface area contributed by atoms with Crippen molar-refractivity contribution in [3.63, 3.8) is 0 Å². The Morgan fingerprint density at radius 1 is 1.38 bits per heavy atom. The first-order chi connectivity index (χ1) is 9.85. The molecule has 2 heterocycles. The normalized spacial score (nSPS) is 11.6. The minimum Gasteiger partial charge on any atom is -0.308 e. The van der Waals surface area contributed by atoms with Crippen LogP contribution >= 0.6 is 0 Å². The van der Waals surface area contributed by atoms with E-state index in [4.69, 9.17) is 5.84 Å². The number of rotatable bonds is 5. The Hall–Kier alpha value is -1.97. The topological polar surface area (TPSA) is 115 Å². The number of aryl methyl sites for hydroxylation is 2. The average molecular weight is 310 g/mol. The molecule has 0 saturated heterocycles. The molecule has 4 N–H and O–H groups in total. The summed E-state index contributed by atoms with van der Waals surface area (Å²) in [6, 6.07) is 2.78. The Balaban J connectivity index is 2.21. The van der Waals surface area contributed by atoms with Gasteiger partial charge in [0.1, 0.15) is 5.82 Å². The van der Waals surface area contributed by atoms with Gasteiger partial charge < -0.3 is 5.43 Å². The highest BCUT2D eigenvalue weighted by Crippen LogP contribution is 2.15. The van der Waals surface area contributed by atoms with E-state index in [1.165, 1.54) is 18.3 Å². The van der Waals surface area contributed by atoms with Crippen molar-refractivity contribution in [1.82, 2.24) is 19.5 Å². The molecule has 0 aromatic carbocycles. The number of hydrogen-bond donors (Lipinski definition) is 3. The summed E-state index contributed by atoms with van der Waals surface area (Å²) >= 11 is 0. The van der Waals surface area contributed by atoms with Crippen LogP contribution in [0.5, 0.6) is 0 Å². The third kappa shape index (κ3) is 3.20. The second-order valence-electron chi connectivity index (χ2n) is 4.62. The van der Waals surface area contributed by atoms with Crippen LogP contribution in [0.15, 0.2) is 23.2 Å². The fourth-order valence-electron chi connectivity index (χ4n) is 1.98. The zero-order valence-corrected chi connectivity index (χ0v) is 12.9. The number of nitrogen functional groups attached to an aromatic ring is 1. The fourth-order valence-corrected chi connectivity index (χ4v) is 2.99. The minimum atomic E-state index is -3.64. The van der Waals surface area contributed by atoms with Crippen molar-refractivity contribution < 1.29 is 8.42 Å². The van der Waals surface area contributed by atoms with E-state index >= 15 is 0 Å². The second kappa shape index (κ2) is 5.80. The molecule has 2 aromatic heterocycles. The molecule has 0 unspecified atom stereocenters. The number of nitrogens with one attached hydrogen (secondary N) is 2. The molecule has 0 aliphatic rings. The molecule has 114 valence electrons. The molecule has 0 aliphatic heterocycles. The largest absolute Gasteiger partial charge is 0.308 e. The Morgan fingerprint density at radius 3 is 2.67 bits per heavy atom. The van der Waals surface area contributed by atoms with Gasteiger partial charge in [-0.05, 0) is 19.9 Å². The molecule has 0 saturated carbocycles. The van der Waals surface area contributed by atoms with Crippen LogP contribution < -0.4 is 16.0 Å². The highest BCUT2D eigenvalue weighted by atomic mass is 32.2. The molecule has 0 radical (unpaired) electrons. The van der Waals surface area contributed by atoms with E-state index < -0.39 is 10.0 Å². The van der Waals surface area contributed by atoms with Gasteiger partial charge in [0.2, 0.25) is 10.0 Å². The second-order valence-corrected chi connectivity index (χ2v) is 6.39. The smallest absolute Gasteiger partial charge is 0.241 e. The SMILES string of the molecule is Cc1nn(C)c(C)c1CNS(=O)(=O)c1ccnc(NN)c1. The molecular weight excluding hydrogens is 292 g/mol. The molecule has 0 amide bonds.